The Labute approximate surface area is 236 Å². The predicted octanol–water partition coefficient (Wildman–Crippen LogP) is -3.45. The van der Waals surface area contributed by atoms with Gasteiger partial charge < -0.3 is 42.9 Å². The van der Waals surface area contributed by atoms with Crippen LogP contribution in [0.3, 0.4) is 0 Å². The molecule has 15 nitrogen and oxygen atoms in total. The zero-order valence-corrected chi connectivity index (χ0v) is 22.6. The fourth-order valence-electron chi connectivity index (χ4n) is 3.87. The molecular formula is C24H36N8O7S. The van der Waals surface area contributed by atoms with Gasteiger partial charge in [-0.2, -0.15) is 12.6 Å². The average Bonchev–Trinajstić information content (AvgIpc) is 2.90. The van der Waals surface area contributed by atoms with Gasteiger partial charge in [-0.05, 0) is 18.4 Å². The molecule has 1 aliphatic rings. The fourth-order valence-corrected chi connectivity index (χ4v) is 4.17. The standard InChI is InChI=1S/C24H36N8O7S/c25-24(26)27-8-4-7-14-20(36)28-11-18(33)29-16(10-19(34)35)22(38)31-15(9-13-5-2-1-3-6-13)21(37)32-17(12-40)23(39)30-14/h1-3,5-6,14-17,23,30,39-40H,4,7-12H2,(H,28,36)(H,29,33)(H,31,38)(H,32,37)(H,34,35)(H4,25,26,27). The molecule has 5 atom stereocenters. The van der Waals surface area contributed by atoms with Crippen LogP contribution in [0.5, 0.6) is 0 Å². The number of aliphatic carboxylic acids is 1. The van der Waals surface area contributed by atoms with E-state index >= 15 is 0 Å². The van der Waals surface area contributed by atoms with Crippen molar-refractivity contribution in [2.75, 3.05) is 18.8 Å². The van der Waals surface area contributed by atoms with Gasteiger partial charge in [-0.15, -0.1) is 0 Å². The van der Waals surface area contributed by atoms with Crippen LogP contribution in [0.25, 0.3) is 0 Å². The van der Waals surface area contributed by atoms with Gasteiger partial charge in [0.25, 0.3) is 0 Å². The summed E-state index contributed by atoms with van der Waals surface area (Å²) in [5.41, 5.74) is 11.3. The number of nitrogens with one attached hydrogen (secondary N) is 5. The number of hydrogen-bond donors (Lipinski definition) is 10. The molecule has 2 rings (SSSR count). The van der Waals surface area contributed by atoms with E-state index in [1.54, 1.807) is 30.3 Å². The summed E-state index contributed by atoms with van der Waals surface area (Å²) in [6.07, 6.45) is -1.71. The minimum absolute atomic E-state index is 0.0302. The van der Waals surface area contributed by atoms with E-state index < -0.39 is 73.0 Å². The second-order valence-electron chi connectivity index (χ2n) is 9.10. The molecule has 0 radical (unpaired) electrons. The lowest BCUT2D eigenvalue weighted by Crippen LogP contribution is -2.60. The molecule has 1 saturated heterocycles. The summed E-state index contributed by atoms with van der Waals surface area (Å²) in [4.78, 5) is 67.0. The monoisotopic (exact) mass is 580 g/mol. The number of aliphatic hydroxyl groups is 1. The molecule has 1 aliphatic heterocycles. The number of thiol groups is 1. The van der Waals surface area contributed by atoms with Gasteiger partial charge in [-0.3, -0.25) is 34.3 Å². The maximum atomic E-state index is 13.3. The van der Waals surface area contributed by atoms with E-state index in [0.717, 1.165) is 0 Å². The number of carbonyl (C=O) groups is 5. The highest BCUT2D eigenvalue weighted by Crippen LogP contribution is 2.08. The third-order valence-corrected chi connectivity index (χ3v) is 6.30. The van der Waals surface area contributed by atoms with Crippen molar-refractivity contribution in [2.24, 2.45) is 16.5 Å². The first-order valence-electron chi connectivity index (χ1n) is 12.5. The van der Waals surface area contributed by atoms with Crippen molar-refractivity contribution in [3.05, 3.63) is 35.9 Å². The SMILES string of the molecule is NC(N)=NCCCC1NC(O)C(CS)NC(=O)C(Cc2ccccc2)NC(=O)C(CC(=O)O)NC(=O)CNC1=O. The number of aliphatic imine (C=N–C) groups is 1. The largest absolute Gasteiger partial charge is 0.481 e. The molecule has 0 saturated carbocycles. The van der Waals surface area contributed by atoms with Crippen molar-refractivity contribution >= 4 is 48.2 Å². The molecule has 5 unspecified atom stereocenters. The molecule has 1 aromatic carbocycles. The normalized spacial score (nSPS) is 24.8. The number of benzene rings is 1. The Balaban J connectivity index is 2.37. The van der Waals surface area contributed by atoms with Crippen molar-refractivity contribution in [1.82, 2.24) is 26.6 Å². The van der Waals surface area contributed by atoms with E-state index in [2.05, 4.69) is 44.2 Å². The molecule has 0 spiro atoms. The highest BCUT2D eigenvalue weighted by atomic mass is 32.1. The predicted molar refractivity (Wildman–Crippen MR) is 148 cm³/mol. The van der Waals surface area contributed by atoms with Gasteiger partial charge in [-0.25, -0.2) is 0 Å². The Morgan fingerprint density at radius 2 is 1.65 bits per heavy atom. The summed E-state index contributed by atoms with van der Waals surface area (Å²) >= 11 is 4.21. The van der Waals surface area contributed by atoms with Gasteiger partial charge >= 0.3 is 5.97 Å². The first-order chi connectivity index (χ1) is 19.0. The minimum Gasteiger partial charge on any atom is -0.481 e. The first kappa shape index (κ1) is 32.3. The van der Waals surface area contributed by atoms with Gasteiger partial charge in [0.2, 0.25) is 23.6 Å². The van der Waals surface area contributed by atoms with E-state index in [9.17, 15) is 34.2 Å². The second-order valence-corrected chi connectivity index (χ2v) is 9.46. The van der Waals surface area contributed by atoms with Crippen LogP contribution in [0.1, 0.15) is 24.8 Å². The highest BCUT2D eigenvalue weighted by molar-refractivity contribution is 7.80. The molecule has 40 heavy (non-hydrogen) atoms. The van der Waals surface area contributed by atoms with Crippen LogP contribution in [-0.4, -0.2) is 95.0 Å². The molecule has 0 aliphatic carbocycles. The molecule has 1 heterocycles. The zero-order valence-electron chi connectivity index (χ0n) is 21.7. The van der Waals surface area contributed by atoms with Gasteiger partial charge in [0, 0.05) is 18.7 Å². The molecule has 4 amide bonds. The Morgan fingerprint density at radius 3 is 2.27 bits per heavy atom. The van der Waals surface area contributed by atoms with Crippen LogP contribution in [0.2, 0.25) is 0 Å². The summed E-state index contributed by atoms with van der Waals surface area (Å²) in [5, 5.41) is 32.7. The number of nitrogens with two attached hydrogens (primary N) is 2. The Hall–Kier alpha value is -3.89. The lowest BCUT2D eigenvalue weighted by Gasteiger charge is -2.29. The molecular weight excluding hydrogens is 544 g/mol. The summed E-state index contributed by atoms with van der Waals surface area (Å²) < 4.78 is 0. The van der Waals surface area contributed by atoms with Crippen LogP contribution < -0.4 is 38.1 Å². The number of nitrogens with zero attached hydrogens (tertiary/aromatic N) is 1. The average molecular weight is 581 g/mol. The molecule has 11 N–H and O–H groups in total. The van der Waals surface area contributed by atoms with E-state index in [4.69, 9.17) is 11.5 Å². The maximum absolute atomic E-state index is 13.3. The van der Waals surface area contributed by atoms with E-state index in [1.807, 2.05) is 0 Å². The molecule has 0 aromatic heterocycles. The van der Waals surface area contributed by atoms with Crippen molar-refractivity contribution < 1.29 is 34.2 Å². The number of guanidine groups is 1. The summed E-state index contributed by atoms with van der Waals surface area (Å²) in [6.45, 7) is -0.381. The highest BCUT2D eigenvalue weighted by Gasteiger charge is 2.32. The lowest BCUT2D eigenvalue weighted by atomic mass is 10.0. The summed E-state index contributed by atoms with van der Waals surface area (Å²) in [6, 6.07) is 3.99. The lowest BCUT2D eigenvalue weighted by molar-refractivity contribution is -0.141. The molecule has 1 aromatic rings. The number of carboxylic acid groups (broad SMARTS) is 1. The molecule has 16 heteroatoms. The van der Waals surface area contributed by atoms with Crippen molar-refractivity contribution in [3.63, 3.8) is 0 Å². The Kier molecular flexibility index (Phi) is 13.1. The Bertz CT molecular complexity index is 1070. The number of aliphatic hydroxyl groups excluding tert-OH is 1. The third-order valence-electron chi connectivity index (χ3n) is 5.91. The summed E-state index contributed by atoms with van der Waals surface area (Å²) in [5.74, 6) is -4.64. The quantitative estimate of drug-likeness (QED) is 0.0598. The van der Waals surface area contributed by atoms with Crippen molar-refractivity contribution in [1.29, 1.82) is 0 Å². The molecule has 1 fully saturated rings. The first-order valence-corrected chi connectivity index (χ1v) is 13.2. The zero-order chi connectivity index (χ0) is 29.7. The third kappa shape index (κ3) is 11.1. The minimum atomic E-state index is -1.53. The number of hydrogen-bond acceptors (Lipinski definition) is 9. The van der Waals surface area contributed by atoms with E-state index in [-0.39, 0.29) is 31.1 Å². The van der Waals surface area contributed by atoms with E-state index in [1.165, 1.54) is 0 Å². The van der Waals surface area contributed by atoms with Crippen LogP contribution in [0.15, 0.2) is 35.3 Å². The van der Waals surface area contributed by atoms with E-state index in [0.29, 0.717) is 12.0 Å². The number of carbonyl (C=O) groups excluding carboxylic acids is 4. The van der Waals surface area contributed by atoms with Gasteiger partial charge in [0.1, 0.15) is 18.3 Å². The number of amides is 4. The van der Waals surface area contributed by atoms with Gasteiger partial charge in [0.15, 0.2) is 5.96 Å². The van der Waals surface area contributed by atoms with Crippen LogP contribution in [-0.2, 0) is 30.4 Å². The number of rotatable bonds is 9. The Morgan fingerprint density at radius 1 is 0.975 bits per heavy atom. The summed E-state index contributed by atoms with van der Waals surface area (Å²) in [7, 11) is 0. The van der Waals surface area contributed by atoms with Crippen molar-refractivity contribution in [3.8, 4) is 0 Å². The van der Waals surface area contributed by atoms with Crippen LogP contribution in [0, 0.1) is 0 Å². The number of carboxylic acids is 1. The second kappa shape index (κ2) is 16.3. The van der Waals surface area contributed by atoms with Gasteiger partial charge in [-0.1, -0.05) is 30.3 Å². The smallest absolute Gasteiger partial charge is 0.305 e. The topological polar surface area (TPSA) is 250 Å². The van der Waals surface area contributed by atoms with Crippen molar-refractivity contribution in [2.45, 2.75) is 56.1 Å². The van der Waals surface area contributed by atoms with Gasteiger partial charge in [0.05, 0.1) is 25.0 Å². The van der Waals surface area contributed by atoms with Crippen LogP contribution >= 0.6 is 12.6 Å². The van der Waals surface area contributed by atoms with Crippen LogP contribution in [0.4, 0.5) is 0 Å². The fraction of sp³-hybridized carbons (Fsp3) is 0.500. The molecule has 0 bridgehead atoms. The maximum Gasteiger partial charge on any atom is 0.305 e. The molecule has 220 valence electrons.